The van der Waals surface area contributed by atoms with Crippen molar-refractivity contribution in [1.29, 1.82) is 0 Å². The maximum absolute atomic E-state index is 6.36. The van der Waals surface area contributed by atoms with E-state index in [1.54, 1.807) is 0 Å². The molecule has 0 spiro atoms. The first-order valence-corrected chi connectivity index (χ1v) is 11.0. The molecule has 18 heavy (non-hydrogen) atoms. The Hall–Kier alpha value is -1.10. The first-order valence-electron chi connectivity index (χ1n) is 5.55. The zero-order chi connectivity index (χ0) is 12.6. The second-order valence-electron chi connectivity index (χ2n) is 3.61. The molecule has 0 radical (unpaired) electrons. The number of rotatable bonds is 4. The minimum atomic E-state index is -1.61. The van der Waals surface area contributed by atoms with E-state index in [4.69, 9.17) is 9.42 Å². The summed E-state index contributed by atoms with van der Waals surface area (Å²) < 4.78 is 4.28. The Kier molecular flexibility index (Phi) is 5.45. The van der Waals surface area contributed by atoms with Crippen LogP contribution in [0.5, 0.6) is 0 Å². The zero-order valence-electron chi connectivity index (χ0n) is 9.78. The third kappa shape index (κ3) is 4.64. The number of benzene rings is 2. The molecule has 2 heteroatoms. The normalized spacial score (nSPS) is 12.2. The van der Waals surface area contributed by atoms with E-state index < -0.39 is 16.3 Å². The van der Waals surface area contributed by atoms with Crippen molar-refractivity contribution in [3.63, 3.8) is 0 Å². The van der Waals surface area contributed by atoms with Crippen molar-refractivity contribution >= 4 is 21.6 Å². The Balaban J connectivity index is 1.95. The van der Waals surface area contributed by atoms with Crippen LogP contribution in [-0.4, -0.2) is 0 Å². The average Bonchev–Trinajstić information content (AvgIpc) is 2.45. The van der Waals surface area contributed by atoms with E-state index in [0.717, 1.165) is 0 Å². The molecular weight excluding hydrogens is 423 g/mol. The molecule has 0 heterocycles. The predicted molar refractivity (Wildman–Crippen MR) is 76.8 cm³/mol. The molecule has 2 rings (SSSR count). The van der Waals surface area contributed by atoms with E-state index in [-0.39, 0.29) is 0 Å². The van der Waals surface area contributed by atoms with Crippen molar-refractivity contribution in [3.8, 4) is 0 Å². The molecule has 0 aromatic heterocycles. The van der Waals surface area contributed by atoms with Crippen LogP contribution in [0.3, 0.4) is 0 Å². The van der Waals surface area contributed by atoms with Crippen molar-refractivity contribution < 1.29 is 16.3 Å². The Morgan fingerprint density at radius 3 is 1.44 bits per heavy atom. The Morgan fingerprint density at radius 1 is 0.667 bits per heavy atom. The van der Waals surface area contributed by atoms with Crippen LogP contribution < -0.4 is 0 Å². The number of halogens is 1. The molecule has 0 saturated heterocycles. The van der Waals surface area contributed by atoms with Gasteiger partial charge < -0.3 is 0 Å². The Bertz CT molecular complexity index is 468. The van der Waals surface area contributed by atoms with Crippen LogP contribution in [0.1, 0.15) is 11.1 Å². The van der Waals surface area contributed by atoms with E-state index >= 15 is 0 Å². The fraction of sp³-hybridized carbons (Fsp3) is 0. The van der Waals surface area contributed by atoms with Gasteiger partial charge in [0.2, 0.25) is 0 Å². The summed E-state index contributed by atoms with van der Waals surface area (Å²) in [6.07, 6.45) is 4.21. The van der Waals surface area contributed by atoms with Gasteiger partial charge in [0.15, 0.2) is 0 Å². The van der Waals surface area contributed by atoms with Gasteiger partial charge in [-0.15, -0.1) is 0 Å². The van der Waals surface area contributed by atoms with Gasteiger partial charge in [-0.3, -0.25) is 0 Å². The third-order valence-corrected chi connectivity index (χ3v) is 5.80. The Labute approximate surface area is 118 Å². The van der Waals surface area contributed by atoms with Gasteiger partial charge in [0.25, 0.3) is 0 Å². The molecule has 2 aromatic carbocycles. The maximum atomic E-state index is 6.36. The molecule has 2 aromatic rings. The van der Waals surface area contributed by atoms with E-state index in [2.05, 4.69) is 45.3 Å². The summed E-state index contributed by atoms with van der Waals surface area (Å²) in [6.45, 7) is 0. The van der Waals surface area contributed by atoms with Crippen LogP contribution in [0.15, 0.2) is 69.6 Å². The van der Waals surface area contributed by atoms with Crippen LogP contribution >= 0.6 is 9.42 Å². The van der Waals surface area contributed by atoms with Crippen LogP contribution in [0.4, 0.5) is 0 Å². The second-order valence-corrected chi connectivity index (χ2v) is 9.13. The zero-order valence-corrected chi connectivity index (χ0v) is 12.8. The SMILES string of the molecule is [Cl][Pt]([CH]=Cc1ccccc1)[CH]=Cc1ccccc1. The van der Waals surface area contributed by atoms with Crippen LogP contribution in [0.25, 0.3) is 12.2 Å². The summed E-state index contributed by atoms with van der Waals surface area (Å²) in [5.74, 6) is 0. The molecule has 0 amide bonds. The molecule has 0 bridgehead atoms. The number of hydrogen-bond acceptors (Lipinski definition) is 0. The van der Waals surface area contributed by atoms with Crippen LogP contribution in [0.2, 0.25) is 0 Å². The molecule has 0 nitrogen and oxygen atoms in total. The van der Waals surface area contributed by atoms with E-state index in [0.29, 0.717) is 0 Å². The molecular formula is C16H14ClPt. The van der Waals surface area contributed by atoms with Crippen molar-refractivity contribution in [2.75, 3.05) is 0 Å². The molecule has 0 N–H and O–H groups in total. The minimum absolute atomic E-state index is 1.20. The topological polar surface area (TPSA) is 0 Å². The quantitative estimate of drug-likeness (QED) is 0.625. The van der Waals surface area contributed by atoms with Crippen molar-refractivity contribution in [2.45, 2.75) is 0 Å². The van der Waals surface area contributed by atoms with Gasteiger partial charge in [-0.1, -0.05) is 0 Å². The van der Waals surface area contributed by atoms with Crippen molar-refractivity contribution in [3.05, 3.63) is 80.7 Å². The molecule has 0 aliphatic rings. The van der Waals surface area contributed by atoms with Gasteiger partial charge >= 0.3 is 119 Å². The van der Waals surface area contributed by atoms with E-state index in [9.17, 15) is 0 Å². The van der Waals surface area contributed by atoms with Crippen molar-refractivity contribution in [1.82, 2.24) is 0 Å². The summed E-state index contributed by atoms with van der Waals surface area (Å²) in [4.78, 5) is 0. The van der Waals surface area contributed by atoms with Gasteiger partial charge in [-0.2, -0.15) is 0 Å². The summed E-state index contributed by atoms with van der Waals surface area (Å²) in [5.41, 5.74) is 2.41. The van der Waals surface area contributed by atoms with Gasteiger partial charge in [-0.05, 0) is 0 Å². The fourth-order valence-corrected chi connectivity index (χ4v) is 3.89. The van der Waals surface area contributed by atoms with Crippen LogP contribution in [-0.2, 0) is 16.3 Å². The monoisotopic (exact) mass is 436 g/mol. The number of hydrogen-bond donors (Lipinski definition) is 0. The average molecular weight is 437 g/mol. The summed E-state index contributed by atoms with van der Waals surface area (Å²) >= 11 is -1.61. The first kappa shape index (κ1) is 13.3. The molecule has 0 unspecified atom stereocenters. The fourth-order valence-electron chi connectivity index (χ4n) is 1.39. The summed E-state index contributed by atoms with van der Waals surface area (Å²) in [6, 6.07) is 20.5. The van der Waals surface area contributed by atoms with Gasteiger partial charge in [0.1, 0.15) is 0 Å². The molecule has 0 aliphatic heterocycles. The second kappa shape index (κ2) is 7.36. The van der Waals surface area contributed by atoms with Crippen LogP contribution in [0, 0.1) is 0 Å². The summed E-state index contributed by atoms with van der Waals surface area (Å²) in [5, 5.41) is 0. The molecule has 0 aliphatic carbocycles. The van der Waals surface area contributed by atoms with E-state index in [1.165, 1.54) is 11.1 Å². The van der Waals surface area contributed by atoms with Crippen molar-refractivity contribution in [2.24, 2.45) is 0 Å². The standard InChI is InChI=1S/2C8H7.ClH.Pt/c2*1-2-8-6-4-3-5-7-8;;/h2*1-7H;1H;/q;;;+1/p-1. The molecule has 95 valence electrons. The van der Waals surface area contributed by atoms with E-state index in [1.807, 2.05) is 36.4 Å². The molecule has 0 fully saturated rings. The van der Waals surface area contributed by atoms with Gasteiger partial charge in [0, 0.05) is 0 Å². The predicted octanol–water partition coefficient (Wildman–Crippen LogP) is 5.10. The molecule has 0 saturated carbocycles. The van der Waals surface area contributed by atoms with Gasteiger partial charge in [-0.25, -0.2) is 0 Å². The Morgan fingerprint density at radius 2 is 1.06 bits per heavy atom. The first-order chi connectivity index (χ1) is 8.84. The molecule has 0 atom stereocenters. The van der Waals surface area contributed by atoms with Gasteiger partial charge in [0.05, 0.1) is 0 Å². The third-order valence-electron chi connectivity index (χ3n) is 2.29. The summed E-state index contributed by atoms with van der Waals surface area (Å²) in [7, 11) is 6.36.